The molecule has 0 spiro atoms. The van der Waals surface area contributed by atoms with Crippen LogP contribution in [0.3, 0.4) is 0 Å². The molecule has 5 nitrogen and oxygen atoms in total. The van der Waals surface area contributed by atoms with E-state index in [0.717, 1.165) is 24.8 Å². The third-order valence-electron chi connectivity index (χ3n) is 2.38. The molecule has 1 heterocycles. The van der Waals surface area contributed by atoms with Crippen molar-refractivity contribution in [2.45, 2.75) is 19.3 Å². The molecule has 1 aromatic rings. The second-order valence-electron chi connectivity index (χ2n) is 3.87. The lowest BCUT2D eigenvalue weighted by Gasteiger charge is -2.08. The lowest BCUT2D eigenvalue weighted by molar-refractivity contribution is -0.00865. The van der Waals surface area contributed by atoms with Gasteiger partial charge >= 0.3 is 0 Å². The summed E-state index contributed by atoms with van der Waals surface area (Å²) >= 11 is 0. The predicted molar refractivity (Wildman–Crippen MR) is 67.6 cm³/mol. The van der Waals surface area contributed by atoms with Crippen molar-refractivity contribution in [3.8, 4) is 5.75 Å². The summed E-state index contributed by atoms with van der Waals surface area (Å²) in [6, 6.07) is 1.95. The zero-order chi connectivity index (χ0) is 13.1. The van der Waals surface area contributed by atoms with E-state index in [0.29, 0.717) is 19.0 Å². The lowest BCUT2D eigenvalue weighted by Crippen LogP contribution is -2.08. The maximum absolute atomic E-state index is 8.72. The molecule has 0 atom stereocenters. The standard InChI is InChI=1S/C13H21NO4/c1-16-6-7-17-11-18-13-8-12(9-14-10-13)4-2-3-5-15/h8-10,15H,2-7,11H2,1H3. The zero-order valence-electron chi connectivity index (χ0n) is 10.8. The Labute approximate surface area is 108 Å². The number of hydrogen-bond acceptors (Lipinski definition) is 5. The first-order valence-electron chi connectivity index (χ1n) is 6.11. The first-order valence-corrected chi connectivity index (χ1v) is 6.11. The van der Waals surface area contributed by atoms with Gasteiger partial charge in [0.25, 0.3) is 0 Å². The third-order valence-corrected chi connectivity index (χ3v) is 2.38. The van der Waals surface area contributed by atoms with Crippen molar-refractivity contribution in [1.82, 2.24) is 4.98 Å². The topological polar surface area (TPSA) is 60.8 Å². The number of aromatic nitrogens is 1. The van der Waals surface area contributed by atoms with Crippen molar-refractivity contribution in [3.63, 3.8) is 0 Å². The van der Waals surface area contributed by atoms with Gasteiger partial charge in [0.15, 0.2) is 6.79 Å². The molecule has 1 rings (SSSR count). The van der Waals surface area contributed by atoms with E-state index in [1.54, 1.807) is 13.3 Å². The molecule has 0 aliphatic rings. The Morgan fingerprint density at radius 3 is 2.89 bits per heavy atom. The summed E-state index contributed by atoms with van der Waals surface area (Å²) in [5, 5.41) is 8.72. The van der Waals surface area contributed by atoms with Crippen molar-refractivity contribution in [2.75, 3.05) is 33.7 Å². The number of hydrogen-bond donors (Lipinski definition) is 1. The summed E-state index contributed by atoms with van der Waals surface area (Å²) in [6.45, 7) is 1.50. The van der Waals surface area contributed by atoms with Crippen LogP contribution in [0.1, 0.15) is 18.4 Å². The fourth-order valence-corrected chi connectivity index (χ4v) is 1.43. The van der Waals surface area contributed by atoms with Crippen LogP contribution in [0.15, 0.2) is 18.5 Å². The lowest BCUT2D eigenvalue weighted by atomic mass is 10.1. The molecule has 1 aromatic heterocycles. The minimum atomic E-state index is 0.200. The smallest absolute Gasteiger partial charge is 0.189 e. The number of nitrogens with zero attached hydrogens (tertiary/aromatic N) is 1. The number of unbranched alkanes of at least 4 members (excludes halogenated alkanes) is 1. The Balaban J connectivity index is 2.26. The molecule has 0 unspecified atom stereocenters. The summed E-state index contributed by atoms with van der Waals surface area (Å²) in [7, 11) is 1.63. The Morgan fingerprint density at radius 1 is 1.22 bits per heavy atom. The van der Waals surface area contributed by atoms with Crippen LogP contribution in [0, 0.1) is 0 Å². The fraction of sp³-hybridized carbons (Fsp3) is 0.615. The highest BCUT2D eigenvalue weighted by Crippen LogP contribution is 2.13. The maximum atomic E-state index is 8.72. The zero-order valence-corrected chi connectivity index (χ0v) is 10.8. The summed E-state index contributed by atoms with van der Waals surface area (Å²) < 4.78 is 15.5. The molecule has 0 saturated carbocycles. The molecule has 0 saturated heterocycles. The first-order chi connectivity index (χ1) is 8.86. The van der Waals surface area contributed by atoms with Gasteiger partial charge in [-0.05, 0) is 30.9 Å². The Morgan fingerprint density at radius 2 is 2.11 bits per heavy atom. The van der Waals surface area contributed by atoms with E-state index < -0.39 is 0 Å². The van der Waals surface area contributed by atoms with Gasteiger partial charge in [0.2, 0.25) is 0 Å². The van der Waals surface area contributed by atoms with Gasteiger partial charge in [0.1, 0.15) is 5.75 Å². The van der Waals surface area contributed by atoms with E-state index in [2.05, 4.69) is 4.98 Å². The molecule has 0 aliphatic carbocycles. The number of aliphatic hydroxyl groups is 1. The largest absolute Gasteiger partial charge is 0.466 e. The Bertz CT molecular complexity index is 320. The molecular weight excluding hydrogens is 234 g/mol. The highest BCUT2D eigenvalue weighted by atomic mass is 16.7. The molecule has 18 heavy (non-hydrogen) atoms. The van der Waals surface area contributed by atoms with Gasteiger partial charge in [0.05, 0.1) is 19.4 Å². The number of rotatable bonds is 10. The average Bonchev–Trinajstić information content (AvgIpc) is 2.39. The molecular formula is C13H21NO4. The SMILES string of the molecule is COCCOCOc1cncc(CCCCO)c1. The van der Waals surface area contributed by atoms with E-state index in [-0.39, 0.29) is 13.4 Å². The fourth-order valence-electron chi connectivity index (χ4n) is 1.43. The Hall–Kier alpha value is -1.17. The quantitative estimate of drug-likeness (QED) is 0.506. The molecule has 0 aromatic carbocycles. The first kappa shape index (κ1) is 14.9. The van der Waals surface area contributed by atoms with Gasteiger partial charge in [-0.2, -0.15) is 0 Å². The van der Waals surface area contributed by atoms with Crippen LogP contribution in [0.2, 0.25) is 0 Å². The van der Waals surface area contributed by atoms with E-state index in [1.807, 2.05) is 12.3 Å². The highest BCUT2D eigenvalue weighted by molar-refractivity contribution is 5.23. The normalized spacial score (nSPS) is 10.6. The van der Waals surface area contributed by atoms with Gasteiger partial charge in [-0.1, -0.05) is 0 Å². The van der Waals surface area contributed by atoms with Crippen LogP contribution in [-0.4, -0.2) is 43.8 Å². The number of methoxy groups -OCH3 is 1. The van der Waals surface area contributed by atoms with Crippen LogP contribution in [-0.2, 0) is 15.9 Å². The second-order valence-corrected chi connectivity index (χ2v) is 3.87. The molecule has 1 N–H and O–H groups in total. The van der Waals surface area contributed by atoms with Crippen LogP contribution < -0.4 is 4.74 Å². The van der Waals surface area contributed by atoms with Gasteiger partial charge in [-0.3, -0.25) is 4.98 Å². The summed E-state index contributed by atoms with van der Waals surface area (Å²) in [5.41, 5.74) is 1.11. The monoisotopic (exact) mass is 255 g/mol. The number of aliphatic hydroxyl groups excluding tert-OH is 1. The van der Waals surface area contributed by atoms with Gasteiger partial charge in [-0.25, -0.2) is 0 Å². The van der Waals surface area contributed by atoms with Crippen molar-refractivity contribution in [2.24, 2.45) is 0 Å². The minimum Gasteiger partial charge on any atom is -0.466 e. The minimum absolute atomic E-state index is 0.200. The van der Waals surface area contributed by atoms with E-state index in [1.165, 1.54) is 0 Å². The second kappa shape index (κ2) is 9.82. The van der Waals surface area contributed by atoms with Gasteiger partial charge in [-0.15, -0.1) is 0 Å². The molecule has 102 valence electrons. The van der Waals surface area contributed by atoms with E-state index in [9.17, 15) is 0 Å². The summed E-state index contributed by atoms with van der Waals surface area (Å²) in [4.78, 5) is 4.11. The average molecular weight is 255 g/mol. The number of pyridine rings is 1. The highest BCUT2D eigenvalue weighted by Gasteiger charge is 1.98. The maximum Gasteiger partial charge on any atom is 0.189 e. The molecule has 0 bridgehead atoms. The molecule has 5 heteroatoms. The predicted octanol–water partition coefficient (Wildman–Crippen LogP) is 1.40. The van der Waals surface area contributed by atoms with Crippen molar-refractivity contribution < 1.29 is 19.3 Å². The van der Waals surface area contributed by atoms with Gasteiger partial charge in [0, 0.05) is 19.9 Å². The van der Waals surface area contributed by atoms with E-state index in [4.69, 9.17) is 19.3 Å². The van der Waals surface area contributed by atoms with Crippen molar-refractivity contribution in [1.29, 1.82) is 0 Å². The van der Waals surface area contributed by atoms with Crippen molar-refractivity contribution >= 4 is 0 Å². The molecule has 0 fully saturated rings. The van der Waals surface area contributed by atoms with Crippen LogP contribution >= 0.6 is 0 Å². The number of ether oxygens (including phenoxy) is 3. The Kier molecular flexibility index (Phi) is 8.12. The number of aryl methyl sites for hydroxylation is 1. The molecule has 0 radical (unpaired) electrons. The molecule has 0 aliphatic heterocycles. The summed E-state index contributed by atoms with van der Waals surface area (Å²) in [5.74, 6) is 0.703. The summed E-state index contributed by atoms with van der Waals surface area (Å²) in [6.07, 6.45) is 6.14. The van der Waals surface area contributed by atoms with Gasteiger partial charge < -0.3 is 19.3 Å². The van der Waals surface area contributed by atoms with Crippen molar-refractivity contribution in [3.05, 3.63) is 24.0 Å². The molecule has 0 amide bonds. The van der Waals surface area contributed by atoms with E-state index >= 15 is 0 Å². The third kappa shape index (κ3) is 6.54. The van der Waals surface area contributed by atoms with Crippen LogP contribution in [0.25, 0.3) is 0 Å². The van der Waals surface area contributed by atoms with Crippen LogP contribution in [0.4, 0.5) is 0 Å². The van der Waals surface area contributed by atoms with Crippen LogP contribution in [0.5, 0.6) is 5.75 Å².